The van der Waals surface area contributed by atoms with Crippen molar-refractivity contribution in [2.75, 3.05) is 6.61 Å². The van der Waals surface area contributed by atoms with E-state index >= 15 is 0 Å². The Morgan fingerprint density at radius 3 is 2.86 bits per heavy atom. The molecule has 1 N–H and O–H groups in total. The van der Waals surface area contributed by atoms with Gasteiger partial charge in [0.15, 0.2) is 0 Å². The molecular weight excluding hydrogens is 176 g/mol. The van der Waals surface area contributed by atoms with Gasteiger partial charge in [-0.15, -0.1) is 0 Å². The summed E-state index contributed by atoms with van der Waals surface area (Å²) in [5.74, 6) is 1.86. The number of fused-ring (bicyclic) bond motifs is 1. The van der Waals surface area contributed by atoms with E-state index in [4.69, 9.17) is 4.74 Å². The van der Waals surface area contributed by atoms with Crippen LogP contribution in [0.5, 0.6) is 11.5 Å². The number of benzene rings is 1. The van der Waals surface area contributed by atoms with E-state index in [1.807, 2.05) is 13.8 Å². The fraction of sp³-hybridized carbons (Fsp3) is 0.500. The summed E-state index contributed by atoms with van der Waals surface area (Å²) < 4.78 is 5.65. The van der Waals surface area contributed by atoms with Crippen LogP contribution < -0.4 is 4.74 Å². The fourth-order valence-electron chi connectivity index (χ4n) is 2.17. The second-order valence-electron chi connectivity index (χ2n) is 4.12. The van der Waals surface area contributed by atoms with Gasteiger partial charge in [-0.25, -0.2) is 0 Å². The quantitative estimate of drug-likeness (QED) is 0.684. The molecule has 76 valence electrons. The fourth-order valence-corrected chi connectivity index (χ4v) is 2.17. The number of hydrogen-bond donors (Lipinski definition) is 1. The molecule has 14 heavy (non-hydrogen) atoms. The Morgan fingerprint density at radius 2 is 2.14 bits per heavy atom. The van der Waals surface area contributed by atoms with Gasteiger partial charge < -0.3 is 9.84 Å². The number of aromatic hydroxyl groups is 1. The molecule has 2 nitrogen and oxygen atoms in total. The largest absolute Gasteiger partial charge is 0.508 e. The van der Waals surface area contributed by atoms with E-state index in [9.17, 15) is 5.11 Å². The zero-order valence-electron chi connectivity index (χ0n) is 8.92. The van der Waals surface area contributed by atoms with E-state index in [1.54, 1.807) is 6.07 Å². The van der Waals surface area contributed by atoms with E-state index in [1.165, 1.54) is 5.56 Å². The predicted molar refractivity (Wildman–Crippen MR) is 56.1 cm³/mol. The summed E-state index contributed by atoms with van der Waals surface area (Å²) in [4.78, 5) is 0. The highest BCUT2D eigenvalue weighted by Gasteiger charge is 2.23. The molecule has 1 aliphatic heterocycles. The van der Waals surface area contributed by atoms with Crippen molar-refractivity contribution in [2.24, 2.45) is 0 Å². The minimum absolute atomic E-state index is 0.388. The molecule has 0 aromatic heterocycles. The minimum Gasteiger partial charge on any atom is -0.508 e. The molecule has 1 aliphatic rings. The third kappa shape index (κ3) is 1.26. The second kappa shape index (κ2) is 3.19. The van der Waals surface area contributed by atoms with Gasteiger partial charge in [0.25, 0.3) is 0 Å². The van der Waals surface area contributed by atoms with Gasteiger partial charge in [-0.05, 0) is 43.4 Å². The molecule has 2 heteroatoms. The highest BCUT2D eigenvalue weighted by Crippen LogP contribution is 2.41. The lowest BCUT2D eigenvalue weighted by atomic mass is 9.89. The van der Waals surface area contributed by atoms with Crippen molar-refractivity contribution in [3.63, 3.8) is 0 Å². The maximum absolute atomic E-state index is 9.72. The predicted octanol–water partition coefficient (Wildman–Crippen LogP) is 2.90. The van der Waals surface area contributed by atoms with E-state index in [0.717, 1.165) is 29.9 Å². The zero-order chi connectivity index (χ0) is 10.3. The Balaban J connectivity index is 2.67. The molecule has 0 aliphatic carbocycles. The summed E-state index contributed by atoms with van der Waals surface area (Å²) >= 11 is 0. The van der Waals surface area contributed by atoms with E-state index in [-0.39, 0.29) is 0 Å². The minimum atomic E-state index is 0.388. The Labute approximate surface area is 84.5 Å². The lowest BCUT2D eigenvalue weighted by Gasteiger charge is -2.26. The molecule has 0 saturated carbocycles. The van der Waals surface area contributed by atoms with Crippen molar-refractivity contribution in [3.8, 4) is 11.5 Å². The molecule has 0 fully saturated rings. The van der Waals surface area contributed by atoms with Crippen LogP contribution in [-0.2, 0) is 0 Å². The Kier molecular flexibility index (Phi) is 2.14. The van der Waals surface area contributed by atoms with Crippen molar-refractivity contribution in [2.45, 2.75) is 33.1 Å². The van der Waals surface area contributed by atoms with Crippen LogP contribution in [0.4, 0.5) is 0 Å². The average Bonchev–Trinajstić information content (AvgIpc) is 2.14. The summed E-state index contributed by atoms with van der Waals surface area (Å²) in [6.07, 6.45) is 1.04. The summed E-state index contributed by atoms with van der Waals surface area (Å²) in [6, 6.07) is 1.78. The van der Waals surface area contributed by atoms with Gasteiger partial charge in [-0.1, -0.05) is 6.92 Å². The first kappa shape index (κ1) is 9.38. The number of ether oxygens (including phenoxy) is 1. The van der Waals surface area contributed by atoms with E-state index in [0.29, 0.717) is 11.7 Å². The molecule has 0 radical (unpaired) electrons. The Bertz CT molecular complexity index is 369. The van der Waals surface area contributed by atoms with E-state index < -0.39 is 0 Å². The van der Waals surface area contributed by atoms with Crippen molar-refractivity contribution in [3.05, 3.63) is 22.8 Å². The van der Waals surface area contributed by atoms with Gasteiger partial charge in [-0.2, -0.15) is 0 Å². The van der Waals surface area contributed by atoms with Gasteiger partial charge in [-0.3, -0.25) is 0 Å². The highest BCUT2D eigenvalue weighted by molar-refractivity contribution is 5.54. The first-order valence-electron chi connectivity index (χ1n) is 5.07. The topological polar surface area (TPSA) is 29.5 Å². The van der Waals surface area contributed by atoms with Crippen LogP contribution in [0.3, 0.4) is 0 Å². The molecule has 1 atom stereocenters. The van der Waals surface area contributed by atoms with Gasteiger partial charge in [0.1, 0.15) is 11.5 Å². The molecule has 0 amide bonds. The second-order valence-corrected chi connectivity index (χ2v) is 4.12. The number of aryl methyl sites for hydroxylation is 1. The number of phenols is 1. The third-order valence-corrected chi connectivity index (χ3v) is 3.03. The monoisotopic (exact) mass is 192 g/mol. The molecular formula is C12H16O2. The highest BCUT2D eigenvalue weighted by atomic mass is 16.5. The molecule has 1 heterocycles. The Morgan fingerprint density at radius 1 is 1.43 bits per heavy atom. The van der Waals surface area contributed by atoms with Crippen LogP contribution >= 0.6 is 0 Å². The van der Waals surface area contributed by atoms with Gasteiger partial charge in [0, 0.05) is 5.56 Å². The van der Waals surface area contributed by atoms with Gasteiger partial charge >= 0.3 is 0 Å². The van der Waals surface area contributed by atoms with Crippen molar-refractivity contribution in [1.29, 1.82) is 0 Å². The number of hydrogen-bond acceptors (Lipinski definition) is 2. The summed E-state index contributed by atoms with van der Waals surface area (Å²) in [5.41, 5.74) is 3.20. The smallest absolute Gasteiger partial charge is 0.126 e. The van der Waals surface area contributed by atoms with Crippen LogP contribution in [0.15, 0.2) is 6.07 Å². The van der Waals surface area contributed by atoms with Crippen LogP contribution in [0.25, 0.3) is 0 Å². The van der Waals surface area contributed by atoms with Gasteiger partial charge in [0.2, 0.25) is 0 Å². The average molecular weight is 192 g/mol. The number of rotatable bonds is 0. The standard InChI is InChI=1S/C12H16O2/c1-7-4-5-14-12-8(2)6-10(13)9(3)11(7)12/h6-7,13H,4-5H2,1-3H3/t7-/m1/s1. The number of phenolic OH excluding ortho intramolecular Hbond substituents is 1. The molecule has 0 saturated heterocycles. The maximum Gasteiger partial charge on any atom is 0.126 e. The zero-order valence-corrected chi connectivity index (χ0v) is 8.92. The maximum atomic E-state index is 9.72. The Hall–Kier alpha value is -1.18. The first-order valence-corrected chi connectivity index (χ1v) is 5.07. The van der Waals surface area contributed by atoms with Crippen LogP contribution in [0.1, 0.15) is 36.0 Å². The summed E-state index contributed by atoms with van der Waals surface area (Å²) in [5, 5.41) is 9.72. The molecule has 1 aromatic carbocycles. The van der Waals surface area contributed by atoms with Crippen molar-refractivity contribution in [1.82, 2.24) is 0 Å². The molecule has 0 spiro atoms. The third-order valence-electron chi connectivity index (χ3n) is 3.03. The van der Waals surface area contributed by atoms with Crippen LogP contribution in [0, 0.1) is 13.8 Å². The van der Waals surface area contributed by atoms with Crippen LogP contribution in [-0.4, -0.2) is 11.7 Å². The molecule has 0 unspecified atom stereocenters. The SMILES string of the molecule is Cc1cc(O)c(C)c2c1OCC[C@H]2C. The molecule has 0 bridgehead atoms. The molecule has 1 aromatic rings. The normalized spacial score (nSPS) is 20.1. The lowest BCUT2D eigenvalue weighted by Crippen LogP contribution is -2.14. The molecule has 2 rings (SSSR count). The first-order chi connectivity index (χ1) is 6.61. The summed E-state index contributed by atoms with van der Waals surface area (Å²) in [6.45, 7) is 6.92. The summed E-state index contributed by atoms with van der Waals surface area (Å²) in [7, 11) is 0. The van der Waals surface area contributed by atoms with Crippen molar-refractivity contribution < 1.29 is 9.84 Å². The van der Waals surface area contributed by atoms with E-state index in [2.05, 4.69) is 6.92 Å². The van der Waals surface area contributed by atoms with Gasteiger partial charge in [0.05, 0.1) is 6.61 Å². The lowest BCUT2D eigenvalue weighted by molar-refractivity contribution is 0.268. The van der Waals surface area contributed by atoms with Crippen LogP contribution in [0.2, 0.25) is 0 Å². The van der Waals surface area contributed by atoms with Crippen molar-refractivity contribution >= 4 is 0 Å².